The number of nitrogens with zero attached hydrogens (tertiary/aromatic N) is 1. The third-order valence-electron chi connectivity index (χ3n) is 12.7. The zero-order valence-corrected chi connectivity index (χ0v) is 31.7. The van der Waals surface area contributed by atoms with Crippen LogP contribution in [0.2, 0.25) is 0 Å². The lowest BCUT2D eigenvalue weighted by Crippen LogP contribution is -2.16. The van der Waals surface area contributed by atoms with Crippen LogP contribution in [-0.4, -0.2) is 4.57 Å². The number of thiophene rings is 1. The highest BCUT2D eigenvalue weighted by atomic mass is 32.1. The zero-order valence-electron chi connectivity index (χ0n) is 30.9. The van der Waals surface area contributed by atoms with E-state index in [0.29, 0.717) is 0 Å². The second-order valence-electron chi connectivity index (χ2n) is 16.0. The number of furan rings is 1. The van der Waals surface area contributed by atoms with E-state index in [1.54, 1.807) is 0 Å². The lowest BCUT2D eigenvalue weighted by molar-refractivity contribution is 0.665. The fraction of sp³-hybridized carbons (Fsp3) is 0.0566. The molecular weight excluding hydrogens is 699 g/mol. The first-order chi connectivity index (χ1) is 27.5. The van der Waals surface area contributed by atoms with Crippen molar-refractivity contribution in [1.82, 2.24) is 4.57 Å². The van der Waals surface area contributed by atoms with Gasteiger partial charge in [-0.25, -0.2) is 0 Å². The van der Waals surface area contributed by atoms with Crippen LogP contribution in [0.15, 0.2) is 168 Å². The van der Waals surface area contributed by atoms with E-state index in [2.05, 4.69) is 182 Å². The first-order valence-electron chi connectivity index (χ1n) is 19.4. The largest absolute Gasteiger partial charge is 0.456 e. The molecule has 0 bridgehead atoms. The van der Waals surface area contributed by atoms with Gasteiger partial charge >= 0.3 is 0 Å². The number of hydrogen-bond donors (Lipinski definition) is 0. The summed E-state index contributed by atoms with van der Waals surface area (Å²) in [7, 11) is 0. The monoisotopic (exact) mass is 731 g/mol. The Labute approximate surface area is 326 Å². The fourth-order valence-electron chi connectivity index (χ4n) is 10.2. The highest BCUT2D eigenvalue weighted by Crippen LogP contribution is 2.58. The maximum absolute atomic E-state index is 6.48. The molecular formula is C53H33NOS. The predicted molar refractivity (Wildman–Crippen MR) is 239 cm³/mol. The molecule has 2 nitrogen and oxygen atoms in total. The van der Waals surface area contributed by atoms with Gasteiger partial charge in [0, 0.05) is 48.2 Å². The molecule has 0 amide bonds. The molecule has 12 aromatic rings. The minimum Gasteiger partial charge on any atom is -0.456 e. The molecule has 13 rings (SSSR count). The summed E-state index contributed by atoms with van der Waals surface area (Å²) >= 11 is 1.97. The molecule has 56 heavy (non-hydrogen) atoms. The molecule has 9 aromatic carbocycles. The third kappa shape index (κ3) is 3.85. The van der Waals surface area contributed by atoms with Gasteiger partial charge in [0.1, 0.15) is 11.2 Å². The Morgan fingerprint density at radius 1 is 0.482 bits per heavy atom. The average molecular weight is 732 g/mol. The van der Waals surface area contributed by atoms with Crippen molar-refractivity contribution in [3.8, 4) is 27.3 Å². The van der Waals surface area contributed by atoms with Crippen LogP contribution in [0.1, 0.15) is 25.0 Å². The molecule has 3 heteroatoms. The summed E-state index contributed by atoms with van der Waals surface area (Å²) in [4.78, 5) is 1.40. The van der Waals surface area contributed by atoms with E-state index in [9.17, 15) is 0 Å². The average Bonchev–Trinajstić information content (AvgIpc) is 3.95. The van der Waals surface area contributed by atoms with E-state index in [1.165, 1.54) is 103 Å². The molecule has 0 radical (unpaired) electrons. The van der Waals surface area contributed by atoms with E-state index in [-0.39, 0.29) is 5.41 Å². The quantitative estimate of drug-likeness (QED) is 0.162. The fourth-order valence-corrected chi connectivity index (χ4v) is 11.7. The Balaban J connectivity index is 1.19. The summed E-state index contributed by atoms with van der Waals surface area (Å²) in [5.41, 5.74) is 12.2. The zero-order chi connectivity index (χ0) is 36.9. The standard InChI is InChI=1S/C53H33NOS/c1-53(2)43-22-12-11-21-39(43)51-47(53)50-52(56-51)40-25-23-30-13-5-6-16-34(30)48(40)54(50)49-37-19-9-7-17-35(37)46(36-18-8-10-20-38(36)49)33-24-26-44-41(28-33)42-27-31-14-3-4-15-32(31)29-45(42)55-44/h3-29H,1-2H3. The van der Waals surface area contributed by atoms with Gasteiger partial charge in [-0.3, -0.25) is 0 Å². The van der Waals surface area contributed by atoms with Crippen molar-refractivity contribution < 1.29 is 4.42 Å². The maximum atomic E-state index is 6.48. The summed E-state index contributed by atoms with van der Waals surface area (Å²) in [6.45, 7) is 4.84. The van der Waals surface area contributed by atoms with Gasteiger partial charge in [0.15, 0.2) is 0 Å². The minimum atomic E-state index is -0.161. The van der Waals surface area contributed by atoms with Crippen LogP contribution >= 0.6 is 11.3 Å². The van der Waals surface area contributed by atoms with Crippen molar-refractivity contribution in [3.05, 3.63) is 175 Å². The maximum Gasteiger partial charge on any atom is 0.136 e. The molecule has 0 atom stereocenters. The first-order valence-corrected chi connectivity index (χ1v) is 20.2. The SMILES string of the molecule is CC1(C)c2ccccc2-c2sc3c4ccc5ccccc5c4n(-c4c5ccccc5c(-c5ccc6oc7cc8ccccc8cc7c6c5)c5ccccc45)c3c21. The van der Waals surface area contributed by atoms with E-state index >= 15 is 0 Å². The van der Waals surface area contributed by atoms with Gasteiger partial charge in [-0.1, -0.05) is 153 Å². The Morgan fingerprint density at radius 3 is 1.88 bits per heavy atom. The lowest BCUT2D eigenvalue weighted by Gasteiger charge is -2.24. The van der Waals surface area contributed by atoms with E-state index in [4.69, 9.17) is 4.42 Å². The van der Waals surface area contributed by atoms with Gasteiger partial charge in [-0.2, -0.15) is 0 Å². The lowest BCUT2D eigenvalue weighted by atomic mass is 9.82. The first kappa shape index (κ1) is 30.6. The third-order valence-corrected chi connectivity index (χ3v) is 13.9. The van der Waals surface area contributed by atoms with Crippen LogP contribution in [0.3, 0.4) is 0 Å². The van der Waals surface area contributed by atoms with Crippen LogP contribution in [0.4, 0.5) is 0 Å². The number of benzene rings is 9. The van der Waals surface area contributed by atoms with E-state index < -0.39 is 0 Å². The van der Waals surface area contributed by atoms with Crippen molar-refractivity contribution in [2.24, 2.45) is 0 Å². The smallest absolute Gasteiger partial charge is 0.136 e. The van der Waals surface area contributed by atoms with Gasteiger partial charge in [-0.05, 0) is 73.5 Å². The molecule has 0 fully saturated rings. The molecule has 3 aromatic heterocycles. The number of fused-ring (bicyclic) bond motifs is 15. The Bertz CT molecular complexity index is 3630. The highest BCUT2D eigenvalue weighted by Gasteiger charge is 2.41. The molecule has 1 aliphatic rings. The molecule has 262 valence electrons. The predicted octanol–water partition coefficient (Wildman–Crippen LogP) is 15.3. The second-order valence-corrected chi connectivity index (χ2v) is 17.0. The van der Waals surface area contributed by atoms with Crippen LogP contribution in [0, 0.1) is 0 Å². The van der Waals surface area contributed by atoms with Crippen LogP contribution < -0.4 is 0 Å². The van der Waals surface area contributed by atoms with Crippen LogP contribution in [-0.2, 0) is 5.41 Å². The summed E-state index contributed by atoms with van der Waals surface area (Å²) in [5, 5.41) is 13.5. The molecule has 0 spiro atoms. The molecule has 0 saturated carbocycles. The summed E-state index contributed by atoms with van der Waals surface area (Å²) in [6.07, 6.45) is 0. The topological polar surface area (TPSA) is 18.1 Å². The number of hydrogen-bond acceptors (Lipinski definition) is 2. The normalized spacial score (nSPS) is 13.7. The molecule has 0 saturated heterocycles. The Hall–Kier alpha value is -6.68. The highest BCUT2D eigenvalue weighted by molar-refractivity contribution is 7.23. The van der Waals surface area contributed by atoms with Crippen molar-refractivity contribution in [3.63, 3.8) is 0 Å². The van der Waals surface area contributed by atoms with Crippen molar-refractivity contribution in [2.75, 3.05) is 0 Å². The van der Waals surface area contributed by atoms with Gasteiger partial charge in [-0.15, -0.1) is 11.3 Å². The number of aromatic nitrogens is 1. The minimum absolute atomic E-state index is 0.161. The van der Waals surface area contributed by atoms with Crippen molar-refractivity contribution in [1.29, 1.82) is 0 Å². The van der Waals surface area contributed by atoms with Crippen molar-refractivity contribution >= 4 is 97.5 Å². The molecule has 1 aliphatic carbocycles. The summed E-state index contributed by atoms with van der Waals surface area (Å²) < 4.78 is 10.5. The number of rotatable bonds is 2. The Morgan fingerprint density at radius 2 is 1.11 bits per heavy atom. The van der Waals surface area contributed by atoms with Gasteiger partial charge in [0.05, 0.1) is 21.4 Å². The van der Waals surface area contributed by atoms with E-state index in [0.717, 1.165) is 21.9 Å². The van der Waals surface area contributed by atoms with Crippen LogP contribution in [0.5, 0.6) is 0 Å². The van der Waals surface area contributed by atoms with Crippen LogP contribution in [0.25, 0.3) is 113 Å². The molecule has 0 aliphatic heterocycles. The summed E-state index contributed by atoms with van der Waals surface area (Å²) in [5.74, 6) is 0. The van der Waals surface area contributed by atoms with Gasteiger partial charge in [0.2, 0.25) is 0 Å². The molecule has 0 unspecified atom stereocenters. The molecule has 0 N–H and O–H groups in total. The van der Waals surface area contributed by atoms with Gasteiger partial charge < -0.3 is 8.98 Å². The van der Waals surface area contributed by atoms with Crippen molar-refractivity contribution in [2.45, 2.75) is 19.3 Å². The summed E-state index contributed by atoms with van der Waals surface area (Å²) in [6, 6.07) is 60.5. The second kappa shape index (κ2) is 10.8. The Kier molecular flexibility index (Phi) is 5.88. The molecule has 3 heterocycles. The van der Waals surface area contributed by atoms with E-state index in [1.807, 2.05) is 11.3 Å². The van der Waals surface area contributed by atoms with Gasteiger partial charge in [0.25, 0.3) is 0 Å².